The number of halogens is 2. The van der Waals surface area contributed by atoms with Crippen LogP contribution in [0.3, 0.4) is 0 Å². The molecule has 5 nitrogen and oxygen atoms in total. The van der Waals surface area contributed by atoms with E-state index in [4.69, 9.17) is 9.72 Å². The Labute approximate surface area is 183 Å². The van der Waals surface area contributed by atoms with E-state index in [2.05, 4.69) is 10.6 Å². The highest BCUT2D eigenvalue weighted by Crippen LogP contribution is 2.30. The monoisotopic (exact) mass is 435 g/mol. The molecule has 0 atom stereocenters. The predicted octanol–water partition coefficient (Wildman–Crippen LogP) is 4.85. The molecule has 0 saturated carbocycles. The first kappa shape index (κ1) is 20.4. The summed E-state index contributed by atoms with van der Waals surface area (Å²) in [4.78, 5) is 17.5. The number of ether oxygens (including phenoxy) is 1. The zero-order valence-corrected chi connectivity index (χ0v) is 17.8. The van der Waals surface area contributed by atoms with Crippen molar-refractivity contribution in [1.29, 1.82) is 0 Å². The first-order chi connectivity index (χ1) is 15.5. The van der Waals surface area contributed by atoms with Crippen molar-refractivity contribution in [3.8, 4) is 11.6 Å². The molecule has 164 valence electrons. The minimum absolute atomic E-state index is 0.103. The summed E-state index contributed by atoms with van der Waals surface area (Å²) in [7, 11) is 2.04. The molecule has 0 amide bonds. The molecule has 1 aromatic carbocycles. The van der Waals surface area contributed by atoms with E-state index in [0.717, 1.165) is 29.9 Å². The molecule has 1 aliphatic carbocycles. The Morgan fingerprint density at radius 1 is 1.03 bits per heavy atom. The van der Waals surface area contributed by atoms with Crippen molar-refractivity contribution in [2.75, 3.05) is 0 Å². The molecule has 0 unspecified atom stereocenters. The van der Waals surface area contributed by atoms with Gasteiger partial charge in [-0.05, 0) is 61.6 Å². The summed E-state index contributed by atoms with van der Waals surface area (Å²) in [5.74, 6) is -0.485. The number of aryl methyl sites for hydroxylation is 2. The normalized spacial score (nSPS) is 13.7. The van der Waals surface area contributed by atoms with E-state index in [1.165, 1.54) is 53.3 Å². The van der Waals surface area contributed by atoms with Crippen molar-refractivity contribution in [3.63, 3.8) is 0 Å². The Bertz CT molecular complexity index is 1370. The lowest BCUT2D eigenvalue weighted by molar-refractivity contribution is 0.298. The number of aromatic nitrogens is 3. The van der Waals surface area contributed by atoms with Crippen LogP contribution in [-0.2, 0) is 26.5 Å². The van der Waals surface area contributed by atoms with Gasteiger partial charge < -0.3 is 9.30 Å². The molecular weight excluding hydrogens is 412 g/mol. The molecule has 0 fully saturated rings. The average molecular weight is 435 g/mol. The van der Waals surface area contributed by atoms with Crippen LogP contribution in [0.1, 0.15) is 36.1 Å². The smallest absolute Gasteiger partial charge is 0.259 e. The van der Waals surface area contributed by atoms with Crippen molar-refractivity contribution in [1.82, 2.24) is 14.1 Å². The number of fused-ring (bicyclic) bond motifs is 3. The van der Waals surface area contributed by atoms with Gasteiger partial charge in [0, 0.05) is 42.0 Å². The van der Waals surface area contributed by atoms with Crippen molar-refractivity contribution in [3.05, 3.63) is 87.5 Å². The highest BCUT2D eigenvalue weighted by Gasteiger charge is 2.18. The second kappa shape index (κ2) is 8.22. The predicted molar refractivity (Wildman–Crippen MR) is 118 cm³/mol. The minimum atomic E-state index is -0.684. The molecule has 0 radical (unpaired) electrons. The molecule has 0 saturated heterocycles. The van der Waals surface area contributed by atoms with Crippen LogP contribution in [0.5, 0.6) is 5.75 Å². The summed E-state index contributed by atoms with van der Waals surface area (Å²) in [6.45, 7) is -0.103. The van der Waals surface area contributed by atoms with Crippen LogP contribution in [0.2, 0.25) is 0 Å². The molecule has 3 heterocycles. The Hall–Kier alpha value is -3.48. The topological polar surface area (TPSA) is 49.0 Å². The SMILES string of the molecule is Cn1c2c(c3ccc(-n4ccc(OCc5ccc(F)cc5F)cc4=O)nc31)CCCCC2. The summed E-state index contributed by atoms with van der Waals surface area (Å²) in [6, 6.07) is 10.2. The van der Waals surface area contributed by atoms with Crippen molar-refractivity contribution >= 4 is 11.0 Å². The van der Waals surface area contributed by atoms with E-state index in [1.54, 1.807) is 12.3 Å². The number of benzene rings is 1. The molecule has 7 heteroatoms. The van der Waals surface area contributed by atoms with Crippen molar-refractivity contribution in [2.24, 2.45) is 7.05 Å². The van der Waals surface area contributed by atoms with Gasteiger partial charge in [-0.2, -0.15) is 0 Å². The van der Waals surface area contributed by atoms with Gasteiger partial charge in [-0.1, -0.05) is 6.42 Å². The summed E-state index contributed by atoms with van der Waals surface area (Å²) in [6.07, 6.45) is 7.34. The summed E-state index contributed by atoms with van der Waals surface area (Å²) >= 11 is 0. The van der Waals surface area contributed by atoms with Gasteiger partial charge in [0.2, 0.25) is 0 Å². The van der Waals surface area contributed by atoms with Gasteiger partial charge in [-0.15, -0.1) is 0 Å². The zero-order chi connectivity index (χ0) is 22.2. The van der Waals surface area contributed by atoms with Gasteiger partial charge >= 0.3 is 0 Å². The van der Waals surface area contributed by atoms with Crippen molar-refractivity contribution in [2.45, 2.75) is 38.7 Å². The standard InChI is InChI=1S/C25H23F2N3O2/c1-29-22-6-4-2-3-5-19(22)20-9-10-23(28-25(20)29)30-12-11-18(14-24(30)31)32-15-16-7-8-17(26)13-21(16)27/h7-14H,2-6,15H2,1H3. The number of nitrogens with zero attached hydrogens (tertiary/aromatic N) is 3. The average Bonchev–Trinajstić information content (AvgIpc) is 2.93. The third-order valence-electron chi connectivity index (χ3n) is 6.14. The second-order valence-corrected chi connectivity index (χ2v) is 8.18. The lowest BCUT2D eigenvalue weighted by atomic mass is 10.1. The van der Waals surface area contributed by atoms with Gasteiger partial charge in [0.05, 0.1) is 0 Å². The van der Waals surface area contributed by atoms with Crippen LogP contribution in [0, 0.1) is 11.6 Å². The molecule has 32 heavy (non-hydrogen) atoms. The third-order valence-corrected chi connectivity index (χ3v) is 6.14. The van der Waals surface area contributed by atoms with Gasteiger partial charge in [0.15, 0.2) is 0 Å². The summed E-state index contributed by atoms with van der Waals surface area (Å²) < 4.78 is 36.0. The molecule has 0 bridgehead atoms. The fourth-order valence-corrected chi connectivity index (χ4v) is 4.46. The maximum Gasteiger partial charge on any atom is 0.259 e. The van der Waals surface area contributed by atoms with Crippen LogP contribution in [0.15, 0.2) is 53.5 Å². The number of rotatable bonds is 4. The Kier molecular flexibility index (Phi) is 5.25. The van der Waals surface area contributed by atoms with Crippen LogP contribution in [-0.4, -0.2) is 14.1 Å². The molecule has 0 aliphatic heterocycles. The van der Waals surface area contributed by atoms with E-state index in [1.807, 2.05) is 13.1 Å². The van der Waals surface area contributed by atoms with Crippen LogP contribution in [0.25, 0.3) is 16.9 Å². The van der Waals surface area contributed by atoms with Gasteiger partial charge in [-0.25, -0.2) is 13.8 Å². The highest BCUT2D eigenvalue weighted by molar-refractivity contribution is 5.83. The molecule has 3 aromatic heterocycles. The molecule has 4 aromatic rings. The van der Waals surface area contributed by atoms with E-state index >= 15 is 0 Å². The van der Waals surface area contributed by atoms with Crippen LogP contribution < -0.4 is 10.3 Å². The fourth-order valence-electron chi connectivity index (χ4n) is 4.46. The first-order valence-corrected chi connectivity index (χ1v) is 10.8. The molecular formula is C25H23F2N3O2. The minimum Gasteiger partial charge on any atom is -0.489 e. The number of hydrogen-bond acceptors (Lipinski definition) is 3. The van der Waals surface area contributed by atoms with Gasteiger partial charge in [0.1, 0.15) is 35.5 Å². The summed E-state index contributed by atoms with van der Waals surface area (Å²) in [5.41, 5.74) is 3.51. The van der Waals surface area contributed by atoms with E-state index in [-0.39, 0.29) is 17.7 Å². The van der Waals surface area contributed by atoms with E-state index in [9.17, 15) is 13.6 Å². The van der Waals surface area contributed by atoms with Gasteiger partial charge in [0.25, 0.3) is 5.56 Å². The van der Waals surface area contributed by atoms with Crippen LogP contribution >= 0.6 is 0 Å². The number of hydrogen-bond donors (Lipinski definition) is 0. The Morgan fingerprint density at radius 3 is 2.69 bits per heavy atom. The molecule has 0 N–H and O–H groups in total. The van der Waals surface area contributed by atoms with Crippen molar-refractivity contribution < 1.29 is 13.5 Å². The van der Waals surface area contributed by atoms with Gasteiger partial charge in [-0.3, -0.25) is 9.36 Å². The molecule has 0 spiro atoms. The largest absolute Gasteiger partial charge is 0.489 e. The number of pyridine rings is 2. The highest BCUT2D eigenvalue weighted by atomic mass is 19.1. The van der Waals surface area contributed by atoms with E-state index in [0.29, 0.717) is 11.6 Å². The molecule has 1 aliphatic rings. The van der Waals surface area contributed by atoms with Crippen LogP contribution in [0.4, 0.5) is 8.78 Å². The maximum atomic E-state index is 13.8. The maximum absolute atomic E-state index is 13.8. The first-order valence-electron chi connectivity index (χ1n) is 10.8. The Morgan fingerprint density at radius 2 is 1.88 bits per heavy atom. The summed E-state index contributed by atoms with van der Waals surface area (Å²) in [5, 5.41) is 1.16. The fraction of sp³-hybridized carbons (Fsp3) is 0.280. The zero-order valence-electron chi connectivity index (χ0n) is 17.8. The lowest BCUT2D eigenvalue weighted by Gasteiger charge is -2.10. The quantitative estimate of drug-likeness (QED) is 0.431. The molecule has 5 rings (SSSR count). The Balaban J connectivity index is 1.42. The van der Waals surface area contributed by atoms with E-state index < -0.39 is 11.6 Å². The second-order valence-electron chi connectivity index (χ2n) is 8.18. The third kappa shape index (κ3) is 3.68. The lowest BCUT2D eigenvalue weighted by Crippen LogP contribution is -2.18.